The number of hydrogen-bond acceptors (Lipinski definition) is 0. The van der Waals surface area contributed by atoms with Crippen LogP contribution in [0, 0.1) is 10.8 Å². The Bertz CT molecular complexity index is 622. The van der Waals surface area contributed by atoms with Crippen LogP contribution in [0.4, 0.5) is 0 Å². The van der Waals surface area contributed by atoms with Crippen molar-refractivity contribution in [2.75, 3.05) is 0 Å². The van der Waals surface area contributed by atoms with Crippen LogP contribution < -0.4 is 0 Å². The molecular formula is C24H33Br. The topological polar surface area (TPSA) is 0 Å². The molecule has 0 bridgehead atoms. The van der Waals surface area contributed by atoms with Gasteiger partial charge in [-0.25, -0.2) is 0 Å². The van der Waals surface area contributed by atoms with Crippen molar-refractivity contribution >= 4 is 15.9 Å². The van der Waals surface area contributed by atoms with Crippen molar-refractivity contribution in [2.45, 2.75) is 64.6 Å². The van der Waals surface area contributed by atoms with E-state index in [4.69, 9.17) is 0 Å². The predicted octanol–water partition coefficient (Wildman–Crippen LogP) is 8.15. The minimum atomic E-state index is 0.282. The first-order chi connectivity index (χ1) is 11.7. The monoisotopic (exact) mass is 400 g/mol. The summed E-state index contributed by atoms with van der Waals surface area (Å²) in [5.74, 6) is 0.596. The van der Waals surface area contributed by atoms with Crippen molar-refractivity contribution < 1.29 is 0 Å². The Morgan fingerprint density at radius 3 is 1.72 bits per heavy atom. The summed E-state index contributed by atoms with van der Waals surface area (Å²) in [6.07, 6.45) is 3.62. The molecule has 2 unspecified atom stereocenters. The zero-order chi connectivity index (χ0) is 18.5. The van der Waals surface area contributed by atoms with E-state index in [0.717, 1.165) is 6.42 Å². The van der Waals surface area contributed by atoms with Gasteiger partial charge < -0.3 is 0 Å². The number of benzene rings is 2. The lowest BCUT2D eigenvalue weighted by Crippen LogP contribution is -2.22. The van der Waals surface area contributed by atoms with E-state index >= 15 is 0 Å². The smallest absolute Gasteiger partial charge is 0.0400 e. The average Bonchev–Trinajstić information content (AvgIpc) is 2.55. The molecule has 25 heavy (non-hydrogen) atoms. The van der Waals surface area contributed by atoms with Crippen LogP contribution in [-0.4, -0.2) is 0 Å². The third-order valence-electron chi connectivity index (χ3n) is 5.25. The van der Waals surface area contributed by atoms with Gasteiger partial charge in [-0.2, -0.15) is 0 Å². The molecule has 2 aromatic carbocycles. The summed E-state index contributed by atoms with van der Waals surface area (Å²) >= 11 is 3.91. The lowest BCUT2D eigenvalue weighted by molar-refractivity contribution is 0.236. The van der Waals surface area contributed by atoms with Crippen LogP contribution in [0.5, 0.6) is 0 Å². The lowest BCUT2D eigenvalue weighted by atomic mass is 9.70. The van der Waals surface area contributed by atoms with Crippen molar-refractivity contribution in [3.63, 3.8) is 0 Å². The maximum Gasteiger partial charge on any atom is 0.0400 e. The SMILES string of the molecule is CC(C)(CCC(c1ccccc1)C(C)(C)C)CC(Br)c1ccccc1. The van der Waals surface area contributed by atoms with Crippen LogP contribution in [-0.2, 0) is 0 Å². The molecule has 0 aliphatic rings. The Balaban J connectivity index is 2.03. The third kappa shape index (κ3) is 6.29. The molecule has 0 saturated carbocycles. The molecular weight excluding hydrogens is 368 g/mol. The van der Waals surface area contributed by atoms with E-state index in [1.807, 2.05) is 0 Å². The van der Waals surface area contributed by atoms with E-state index in [1.54, 1.807) is 0 Å². The van der Waals surface area contributed by atoms with E-state index in [0.29, 0.717) is 16.2 Å². The van der Waals surface area contributed by atoms with Gasteiger partial charge in [0.15, 0.2) is 0 Å². The second-order valence-corrected chi connectivity index (χ2v) is 10.2. The lowest BCUT2D eigenvalue weighted by Gasteiger charge is -2.35. The molecule has 0 N–H and O–H groups in total. The summed E-state index contributed by atoms with van der Waals surface area (Å²) in [7, 11) is 0. The zero-order valence-electron chi connectivity index (χ0n) is 16.4. The highest BCUT2D eigenvalue weighted by atomic mass is 79.9. The highest BCUT2D eigenvalue weighted by Gasteiger charge is 2.30. The van der Waals surface area contributed by atoms with Gasteiger partial charge in [0.05, 0.1) is 0 Å². The van der Waals surface area contributed by atoms with Gasteiger partial charge in [-0.3, -0.25) is 0 Å². The van der Waals surface area contributed by atoms with Gasteiger partial charge >= 0.3 is 0 Å². The van der Waals surface area contributed by atoms with Crippen LogP contribution in [0.2, 0.25) is 0 Å². The molecule has 0 aliphatic heterocycles. The summed E-state index contributed by atoms with van der Waals surface area (Å²) in [6.45, 7) is 11.9. The molecule has 0 fully saturated rings. The molecule has 0 radical (unpaired) electrons. The Hall–Kier alpha value is -1.08. The largest absolute Gasteiger partial charge is 0.0839 e. The molecule has 136 valence electrons. The molecule has 0 nitrogen and oxygen atoms in total. The maximum absolute atomic E-state index is 3.91. The van der Waals surface area contributed by atoms with Crippen molar-refractivity contribution in [1.82, 2.24) is 0 Å². The highest BCUT2D eigenvalue weighted by Crippen LogP contribution is 2.44. The predicted molar refractivity (Wildman–Crippen MR) is 114 cm³/mol. The minimum Gasteiger partial charge on any atom is -0.0839 e. The Kier molecular flexibility index (Phi) is 6.91. The fourth-order valence-corrected chi connectivity index (χ4v) is 4.87. The molecule has 0 saturated heterocycles. The Morgan fingerprint density at radius 2 is 1.24 bits per heavy atom. The second-order valence-electron chi connectivity index (χ2n) is 9.11. The molecule has 0 spiro atoms. The van der Waals surface area contributed by atoms with Gasteiger partial charge in [-0.15, -0.1) is 0 Å². The standard InChI is InChI=1S/C24H33Br/c1-23(2,3)21(19-12-8-6-9-13-19)16-17-24(4,5)18-22(25)20-14-10-7-11-15-20/h6-15,21-22H,16-18H2,1-5H3. The first-order valence-corrected chi connectivity index (χ1v) is 10.3. The molecule has 0 heterocycles. The maximum atomic E-state index is 3.91. The van der Waals surface area contributed by atoms with Gasteiger partial charge in [0.2, 0.25) is 0 Å². The van der Waals surface area contributed by atoms with E-state index in [1.165, 1.54) is 24.0 Å². The minimum absolute atomic E-state index is 0.282. The molecule has 2 aromatic rings. The first-order valence-electron chi connectivity index (χ1n) is 9.43. The molecule has 0 aromatic heterocycles. The van der Waals surface area contributed by atoms with Gasteiger partial charge in [-0.1, -0.05) is 111 Å². The first kappa shape index (κ1) is 20.2. The third-order valence-corrected chi connectivity index (χ3v) is 6.10. The van der Waals surface area contributed by atoms with Crippen LogP contribution in [0.15, 0.2) is 60.7 Å². The second kappa shape index (κ2) is 8.54. The summed E-state index contributed by atoms with van der Waals surface area (Å²) in [4.78, 5) is 0.425. The van der Waals surface area contributed by atoms with Gasteiger partial charge in [0.25, 0.3) is 0 Å². The normalized spacial score (nSPS) is 15.0. The number of alkyl halides is 1. The van der Waals surface area contributed by atoms with E-state index in [-0.39, 0.29) is 5.41 Å². The molecule has 0 amide bonds. The van der Waals surface area contributed by atoms with Crippen molar-refractivity contribution in [2.24, 2.45) is 10.8 Å². The van der Waals surface area contributed by atoms with Crippen LogP contribution in [0.25, 0.3) is 0 Å². The molecule has 2 atom stereocenters. The summed E-state index contributed by atoms with van der Waals surface area (Å²) in [6, 6.07) is 21.8. The van der Waals surface area contributed by atoms with E-state index in [2.05, 4.69) is 111 Å². The van der Waals surface area contributed by atoms with Crippen molar-refractivity contribution in [3.8, 4) is 0 Å². The highest BCUT2D eigenvalue weighted by molar-refractivity contribution is 9.09. The number of rotatable bonds is 7. The van der Waals surface area contributed by atoms with Crippen LogP contribution in [0.1, 0.15) is 75.8 Å². The quantitative estimate of drug-likeness (QED) is 0.411. The van der Waals surface area contributed by atoms with Gasteiger partial charge in [0, 0.05) is 4.83 Å². The van der Waals surface area contributed by atoms with Crippen molar-refractivity contribution in [3.05, 3.63) is 71.8 Å². The molecule has 2 rings (SSSR count). The van der Waals surface area contributed by atoms with E-state index in [9.17, 15) is 0 Å². The summed E-state index contributed by atoms with van der Waals surface area (Å²) in [5.41, 5.74) is 3.45. The Labute approximate surface area is 163 Å². The summed E-state index contributed by atoms with van der Waals surface area (Å²) in [5, 5.41) is 0. The summed E-state index contributed by atoms with van der Waals surface area (Å²) < 4.78 is 0. The van der Waals surface area contributed by atoms with Crippen LogP contribution >= 0.6 is 15.9 Å². The van der Waals surface area contributed by atoms with Gasteiger partial charge in [-0.05, 0) is 47.1 Å². The number of hydrogen-bond donors (Lipinski definition) is 0. The zero-order valence-corrected chi connectivity index (χ0v) is 18.0. The van der Waals surface area contributed by atoms with E-state index < -0.39 is 0 Å². The van der Waals surface area contributed by atoms with Crippen LogP contribution in [0.3, 0.4) is 0 Å². The molecule has 0 aliphatic carbocycles. The fourth-order valence-electron chi connectivity index (χ4n) is 3.69. The fraction of sp³-hybridized carbons (Fsp3) is 0.500. The van der Waals surface area contributed by atoms with Gasteiger partial charge in [0.1, 0.15) is 0 Å². The van der Waals surface area contributed by atoms with Crippen molar-refractivity contribution in [1.29, 1.82) is 0 Å². The average molecular weight is 401 g/mol. The number of halogens is 1. The Morgan fingerprint density at radius 1 is 0.760 bits per heavy atom. The molecule has 1 heteroatoms.